The van der Waals surface area contributed by atoms with Crippen LogP contribution in [0.4, 0.5) is 4.79 Å². The molecule has 1 aliphatic rings. The van der Waals surface area contributed by atoms with E-state index in [1.165, 1.54) is 11.1 Å². The monoisotopic (exact) mass is 415 g/mol. The van der Waals surface area contributed by atoms with Gasteiger partial charge >= 0.3 is 6.09 Å². The topological polar surface area (TPSA) is 56.2 Å². The molecule has 1 aromatic heterocycles. The van der Waals surface area contributed by atoms with E-state index in [0.29, 0.717) is 0 Å². The fourth-order valence-corrected chi connectivity index (χ4v) is 4.37. The van der Waals surface area contributed by atoms with E-state index in [1.807, 2.05) is 67.1 Å². The average molecular weight is 416 g/mol. The summed E-state index contributed by atoms with van der Waals surface area (Å²) in [6.45, 7) is 8.21. The highest BCUT2D eigenvalue weighted by Gasteiger charge is 2.28. The van der Waals surface area contributed by atoms with Crippen LogP contribution in [0.15, 0.2) is 66.7 Å². The van der Waals surface area contributed by atoms with Crippen LogP contribution in [0, 0.1) is 20.8 Å². The molecule has 1 aliphatic carbocycles. The highest BCUT2D eigenvalue weighted by molar-refractivity contribution is 5.68. The van der Waals surface area contributed by atoms with E-state index in [4.69, 9.17) is 9.84 Å². The first kappa shape index (κ1) is 20.9. The van der Waals surface area contributed by atoms with Crippen molar-refractivity contribution in [2.45, 2.75) is 52.2 Å². The van der Waals surface area contributed by atoms with Crippen LogP contribution >= 0.6 is 0 Å². The molecule has 0 saturated heterocycles. The second-order valence-corrected chi connectivity index (χ2v) is 8.23. The molecule has 0 bridgehead atoms. The number of para-hydroxylation sites is 1. The molecule has 1 heterocycles. The van der Waals surface area contributed by atoms with Gasteiger partial charge in [-0.25, -0.2) is 9.48 Å². The molecule has 3 atom stereocenters. The Balaban J connectivity index is 1.42. The number of rotatable bonds is 5. The third-order valence-corrected chi connectivity index (χ3v) is 6.00. The Labute approximate surface area is 183 Å². The molecule has 4 rings (SSSR count). The lowest BCUT2D eigenvalue weighted by Gasteiger charge is -2.18. The first-order valence-electron chi connectivity index (χ1n) is 10.8. The van der Waals surface area contributed by atoms with Gasteiger partial charge in [0.2, 0.25) is 0 Å². The van der Waals surface area contributed by atoms with Gasteiger partial charge in [0.25, 0.3) is 0 Å². The third-order valence-electron chi connectivity index (χ3n) is 6.00. The molecule has 0 radical (unpaired) electrons. The smallest absolute Gasteiger partial charge is 0.408 e. The maximum Gasteiger partial charge on any atom is 0.408 e. The van der Waals surface area contributed by atoms with Crippen molar-refractivity contribution in [2.24, 2.45) is 0 Å². The zero-order chi connectivity index (χ0) is 22.0. The maximum atomic E-state index is 12.4. The lowest BCUT2D eigenvalue weighted by molar-refractivity contribution is 0.115. The molecule has 0 aliphatic heterocycles. The molecule has 1 amide bonds. The Morgan fingerprint density at radius 2 is 1.77 bits per heavy atom. The number of carbonyl (C=O) groups excluding carboxylic acids is 1. The van der Waals surface area contributed by atoms with E-state index >= 15 is 0 Å². The highest BCUT2D eigenvalue weighted by atomic mass is 16.6. The lowest BCUT2D eigenvalue weighted by atomic mass is 9.96. The minimum Gasteiger partial charge on any atom is -0.442 e. The Kier molecular flexibility index (Phi) is 5.94. The molecule has 1 N–H and O–H groups in total. The number of aromatic nitrogens is 2. The summed E-state index contributed by atoms with van der Waals surface area (Å²) in [5, 5.41) is 7.73. The van der Waals surface area contributed by atoms with Crippen molar-refractivity contribution in [3.8, 4) is 5.69 Å². The van der Waals surface area contributed by atoms with Gasteiger partial charge in [0.15, 0.2) is 0 Å². The fourth-order valence-electron chi connectivity index (χ4n) is 4.37. The van der Waals surface area contributed by atoms with Crippen molar-refractivity contribution in [3.05, 3.63) is 94.8 Å². The average Bonchev–Trinajstić information content (AvgIpc) is 3.32. The predicted octanol–water partition coefficient (Wildman–Crippen LogP) is 5.70. The number of allylic oxidation sites excluding steroid dienone is 1. The van der Waals surface area contributed by atoms with Crippen LogP contribution < -0.4 is 5.32 Å². The Bertz CT molecular complexity index is 1100. The molecule has 3 aromatic rings. The molecule has 0 fully saturated rings. The van der Waals surface area contributed by atoms with Crippen LogP contribution in [-0.2, 0) is 4.74 Å². The molecule has 5 nitrogen and oxygen atoms in total. The summed E-state index contributed by atoms with van der Waals surface area (Å²) >= 11 is 0. The zero-order valence-corrected chi connectivity index (χ0v) is 18.5. The van der Waals surface area contributed by atoms with Crippen LogP contribution in [0.3, 0.4) is 0 Å². The summed E-state index contributed by atoms with van der Waals surface area (Å²) in [4.78, 5) is 12.4. The number of benzene rings is 2. The van der Waals surface area contributed by atoms with E-state index in [-0.39, 0.29) is 18.1 Å². The Morgan fingerprint density at radius 1 is 1.06 bits per heavy atom. The fraction of sp³-hybridized carbons (Fsp3) is 0.308. The van der Waals surface area contributed by atoms with E-state index in [0.717, 1.165) is 29.1 Å². The predicted molar refractivity (Wildman–Crippen MR) is 123 cm³/mol. The van der Waals surface area contributed by atoms with E-state index in [2.05, 4.69) is 37.4 Å². The van der Waals surface area contributed by atoms with Gasteiger partial charge in [0, 0.05) is 17.2 Å². The van der Waals surface area contributed by atoms with E-state index in [1.54, 1.807) is 0 Å². The highest BCUT2D eigenvalue weighted by Crippen LogP contribution is 2.35. The molecule has 0 spiro atoms. The lowest BCUT2D eigenvalue weighted by Crippen LogP contribution is -2.30. The van der Waals surface area contributed by atoms with Gasteiger partial charge in [-0.3, -0.25) is 0 Å². The first-order chi connectivity index (χ1) is 14.9. The van der Waals surface area contributed by atoms with Gasteiger partial charge in [-0.15, -0.1) is 0 Å². The summed E-state index contributed by atoms with van der Waals surface area (Å²) in [6.07, 6.45) is 4.22. The first-order valence-corrected chi connectivity index (χ1v) is 10.8. The number of hydrogen-bond acceptors (Lipinski definition) is 3. The Morgan fingerprint density at radius 3 is 2.52 bits per heavy atom. The van der Waals surface area contributed by atoms with Gasteiger partial charge in [-0.05, 0) is 57.4 Å². The van der Waals surface area contributed by atoms with Crippen LogP contribution in [-0.4, -0.2) is 22.0 Å². The van der Waals surface area contributed by atoms with Gasteiger partial charge in [0.1, 0.15) is 6.10 Å². The van der Waals surface area contributed by atoms with Gasteiger partial charge < -0.3 is 10.1 Å². The summed E-state index contributed by atoms with van der Waals surface area (Å²) in [7, 11) is 0. The standard InChI is InChI=1S/C26H29N3O2/c1-17-10-8-9-13-24(17)29-20(4)25(19(3)28-29)22-14-15-23(16-22)31-26(30)27-18(2)21-11-6-5-7-12-21/h5-15,18,22-23H,16H2,1-4H3,(H,27,30)/t18-,22+,23-/m1/s1. The SMILES string of the molecule is Cc1ccccc1-n1nc(C)c([C@H]2C=C[C@@H](OC(=O)N[C@H](C)c3ccccc3)C2)c1C. The summed E-state index contributed by atoms with van der Waals surface area (Å²) in [5.74, 6) is 0.183. The van der Waals surface area contributed by atoms with Crippen molar-refractivity contribution in [3.63, 3.8) is 0 Å². The second-order valence-electron chi connectivity index (χ2n) is 8.23. The molecule has 5 heteroatoms. The van der Waals surface area contributed by atoms with Crippen molar-refractivity contribution < 1.29 is 9.53 Å². The molecular weight excluding hydrogens is 386 g/mol. The largest absolute Gasteiger partial charge is 0.442 e. The van der Waals surface area contributed by atoms with Crippen molar-refractivity contribution in [1.82, 2.24) is 15.1 Å². The van der Waals surface area contributed by atoms with Crippen molar-refractivity contribution in [2.75, 3.05) is 0 Å². The number of nitrogens with zero attached hydrogens (tertiary/aromatic N) is 2. The molecule has 0 unspecified atom stereocenters. The number of amides is 1. The van der Waals surface area contributed by atoms with Crippen molar-refractivity contribution in [1.29, 1.82) is 0 Å². The van der Waals surface area contributed by atoms with Crippen LogP contribution in [0.5, 0.6) is 0 Å². The van der Waals surface area contributed by atoms with E-state index < -0.39 is 6.09 Å². The second kappa shape index (κ2) is 8.80. The number of carbonyl (C=O) groups is 1. The quantitative estimate of drug-likeness (QED) is 0.544. The molecule has 2 aromatic carbocycles. The van der Waals surface area contributed by atoms with Gasteiger partial charge in [0.05, 0.1) is 17.4 Å². The number of ether oxygens (including phenoxy) is 1. The summed E-state index contributed by atoms with van der Waals surface area (Å²) in [6, 6.07) is 18.0. The molecular formula is C26H29N3O2. The molecule has 160 valence electrons. The summed E-state index contributed by atoms with van der Waals surface area (Å²) < 4.78 is 7.71. The minimum atomic E-state index is -0.393. The molecule has 0 saturated carbocycles. The number of alkyl carbamates (subject to hydrolysis) is 1. The van der Waals surface area contributed by atoms with Crippen LogP contribution in [0.25, 0.3) is 5.69 Å². The molecule has 31 heavy (non-hydrogen) atoms. The van der Waals surface area contributed by atoms with Gasteiger partial charge in [-0.2, -0.15) is 5.10 Å². The summed E-state index contributed by atoms with van der Waals surface area (Å²) in [5.41, 5.74) is 6.69. The van der Waals surface area contributed by atoms with E-state index in [9.17, 15) is 4.79 Å². The zero-order valence-electron chi connectivity index (χ0n) is 18.5. The number of hydrogen-bond donors (Lipinski definition) is 1. The number of nitrogens with one attached hydrogen (secondary N) is 1. The number of aryl methyl sites for hydroxylation is 2. The normalized spacial score (nSPS) is 18.7. The minimum absolute atomic E-state index is 0.105. The third kappa shape index (κ3) is 4.41. The Hall–Kier alpha value is -3.34. The van der Waals surface area contributed by atoms with Crippen LogP contribution in [0.2, 0.25) is 0 Å². The maximum absolute atomic E-state index is 12.4. The van der Waals surface area contributed by atoms with Crippen LogP contribution in [0.1, 0.15) is 53.4 Å². The van der Waals surface area contributed by atoms with Crippen molar-refractivity contribution >= 4 is 6.09 Å². The van der Waals surface area contributed by atoms with Gasteiger partial charge in [-0.1, -0.05) is 54.6 Å².